The first-order valence-electron chi connectivity index (χ1n) is 22.7. The number of carbonyl (C=O) groups is 2. The maximum absolute atomic E-state index is 13.1. The monoisotopic (exact) mass is 948 g/mol. The fourth-order valence-electron chi connectivity index (χ4n) is 8.63. The first-order chi connectivity index (χ1) is 34.1. The molecule has 4 atom stereocenters. The first-order valence-corrected chi connectivity index (χ1v) is 22.7. The zero-order valence-corrected chi connectivity index (χ0v) is 38.9. The molecule has 0 bridgehead atoms. The Bertz CT molecular complexity index is 3050. The van der Waals surface area contributed by atoms with Gasteiger partial charge in [-0.1, -0.05) is 12.1 Å². The second-order valence-electron chi connectivity index (χ2n) is 16.6. The summed E-state index contributed by atoms with van der Waals surface area (Å²) in [5.41, 5.74) is 1.53. The van der Waals surface area contributed by atoms with Gasteiger partial charge in [0.2, 0.25) is 0 Å². The van der Waals surface area contributed by atoms with Crippen molar-refractivity contribution in [1.29, 1.82) is 0 Å². The molecule has 8 aromatic rings. The molecule has 70 heavy (non-hydrogen) atoms. The number of methoxy groups -OCH3 is 2. The Morgan fingerprint density at radius 3 is 1.41 bits per heavy atom. The number of rotatable bonds is 14. The van der Waals surface area contributed by atoms with Crippen molar-refractivity contribution in [1.82, 2.24) is 58.9 Å². The Labute approximate surface area is 400 Å². The molecular weight excluding hydrogens is 897 g/mol. The molecule has 2 saturated carbocycles. The highest BCUT2D eigenvalue weighted by Gasteiger charge is 2.29. The summed E-state index contributed by atoms with van der Waals surface area (Å²) in [6.07, 6.45) is 15.0. The van der Waals surface area contributed by atoms with E-state index in [9.17, 15) is 19.2 Å². The number of amides is 2. The highest BCUT2D eigenvalue weighted by Crippen LogP contribution is 2.26. The van der Waals surface area contributed by atoms with Crippen LogP contribution in [0.3, 0.4) is 0 Å². The van der Waals surface area contributed by atoms with Gasteiger partial charge in [0.05, 0.1) is 24.6 Å². The molecule has 8 heterocycles. The molecular formula is C48H52N16O6. The van der Waals surface area contributed by atoms with Crippen LogP contribution in [0, 0.1) is 0 Å². The average Bonchev–Trinajstić information content (AvgIpc) is 4.23. The molecule has 22 heteroatoms. The minimum Gasteiger partial charge on any atom is -0.381 e. The van der Waals surface area contributed by atoms with Crippen molar-refractivity contribution >= 4 is 57.8 Å². The van der Waals surface area contributed by atoms with E-state index in [2.05, 4.69) is 62.0 Å². The lowest BCUT2D eigenvalue weighted by molar-refractivity contribution is 0.0906. The summed E-state index contributed by atoms with van der Waals surface area (Å²) in [6, 6.07) is 21.1. The lowest BCUT2D eigenvalue weighted by Gasteiger charge is -2.13. The Morgan fingerprint density at radius 1 is 0.600 bits per heavy atom. The second-order valence-corrected chi connectivity index (χ2v) is 16.6. The molecule has 0 radical (unpaired) electrons. The van der Waals surface area contributed by atoms with Crippen LogP contribution in [0.1, 0.15) is 59.2 Å². The van der Waals surface area contributed by atoms with E-state index in [1.165, 1.54) is 21.5 Å². The van der Waals surface area contributed by atoms with Crippen LogP contribution < -0.4 is 43.0 Å². The quantitative estimate of drug-likeness (QED) is 0.0863. The molecule has 0 unspecified atom stereocenters. The normalized spacial score (nSPS) is 17.4. The molecule has 2 aliphatic rings. The summed E-state index contributed by atoms with van der Waals surface area (Å²) in [5.74, 6) is 2.54. The third kappa shape index (κ3) is 9.89. The Morgan fingerprint density at radius 2 is 1.04 bits per heavy atom. The van der Waals surface area contributed by atoms with Crippen molar-refractivity contribution in [3.8, 4) is 11.6 Å². The van der Waals surface area contributed by atoms with E-state index in [1.807, 2.05) is 12.1 Å². The van der Waals surface area contributed by atoms with Crippen molar-refractivity contribution < 1.29 is 19.1 Å². The van der Waals surface area contributed by atoms with Gasteiger partial charge in [0.25, 0.3) is 22.9 Å². The van der Waals surface area contributed by atoms with Gasteiger partial charge in [0.15, 0.2) is 11.3 Å². The fraction of sp³-hybridized carbons (Fsp3) is 0.292. The van der Waals surface area contributed by atoms with Crippen molar-refractivity contribution in [2.24, 2.45) is 0 Å². The third-order valence-electron chi connectivity index (χ3n) is 12.3. The predicted octanol–water partition coefficient (Wildman–Crippen LogP) is 4.72. The molecule has 0 aliphatic heterocycles. The molecule has 22 nitrogen and oxygen atoms in total. The number of nitrogens with zero attached hydrogens (tertiary/aromatic N) is 10. The zero-order chi connectivity index (χ0) is 48.7. The molecule has 360 valence electrons. The summed E-state index contributed by atoms with van der Waals surface area (Å²) in [4.78, 5) is 70.0. The maximum atomic E-state index is 13.1. The minimum atomic E-state index is -0.278. The van der Waals surface area contributed by atoms with Crippen molar-refractivity contribution in [2.75, 3.05) is 49.6 Å². The molecule has 0 saturated heterocycles. The van der Waals surface area contributed by atoms with Gasteiger partial charge in [-0.2, -0.15) is 19.2 Å². The number of hydrogen-bond donors (Lipinski definition) is 6. The molecule has 10 rings (SSSR count). The standard InChI is InChI=1S/2C24H26N8O3/c2*1-25-21-13-19(29-18-6-5-11-31(24(18)34)20-7-3-4-10-26-20)30-22-17(14-27-32(21)22)23(33)28-15-8-9-16(12-15)35-2/h2*3-7,10-11,13-16,25H,8-9,12H2,1-2H3,(H,28,33)(H,29,30)/t2*15-,16-/m10/s1. The number of nitrogens with one attached hydrogen (secondary N) is 6. The molecule has 2 fully saturated rings. The van der Waals surface area contributed by atoms with E-state index in [-0.39, 0.29) is 47.2 Å². The van der Waals surface area contributed by atoms with Crippen molar-refractivity contribution in [3.63, 3.8) is 0 Å². The number of pyridine rings is 4. The van der Waals surface area contributed by atoms with Crippen LogP contribution in [-0.2, 0) is 9.47 Å². The van der Waals surface area contributed by atoms with Gasteiger partial charge in [0, 0.05) is 77.3 Å². The third-order valence-corrected chi connectivity index (χ3v) is 12.3. The van der Waals surface area contributed by atoms with Crippen LogP contribution in [-0.4, -0.2) is 113 Å². The number of ether oxygens (including phenoxy) is 2. The van der Waals surface area contributed by atoms with Crippen LogP contribution in [0.25, 0.3) is 22.9 Å². The number of aromatic nitrogens is 10. The lowest BCUT2D eigenvalue weighted by Crippen LogP contribution is -2.33. The molecule has 6 N–H and O–H groups in total. The van der Waals surface area contributed by atoms with Gasteiger partial charge in [0.1, 0.15) is 57.4 Å². The molecule has 8 aromatic heterocycles. The minimum absolute atomic E-state index is 0.0434. The Kier molecular flexibility index (Phi) is 13.8. The second kappa shape index (κ2) is 20.8. The van der Waals surface area contributed by atoms with E-state index in [0.29, 0.717) is 68.7 Å². The van der Waals surface area contributed by atoms with Gasteiger partial charge in [-0.3, -0.25) is 28.3 Å². The van der Waals surface area contributed by atoms with E-state index in [1.54, 1.807) is 123 Å². The number of fused-ring (bicyclic) bond motifs is 2. The maximum Gasteiger partial charge on any atom is 0.279 e. The molecule has 0 aromatic carbocycles. The van der Waals surface area contributed by atoms with E-state index in [4.69, 9.17) is 9.47 Å². The number of hydrogen-bond acceptors (Lipinski definition) is 16. The summed E-state index contributed by atoms with van der Waals surface area (Å²) in [5, 5.41) is 27.1. The SMILES string of the molecule is CNc1cc(Nc2cccn(-c3ccccn3)c2=O)nc2c(C(=O)N[C@@H]3CC[C@@H](OC)C3)cnn12.CNc1cc(Nc2cccn(-c3ccccn3)c2=O)nc2c(C(=O)N[C@H]3CC[C@H](OC)C3)cnn12. The van der Waals surface area contributed by atoms with Crippen LogP contribution in [0.2, 0.25) is 0 Å². The topological polar surface area (TPSA) is 255 Å². The highest BCUT2D eigenvalue weighted by molar-refractivity contribution is 6.01. The van der Waals surface area contributed by atoms with Gasteiger partial charge in [-0.15, -0.1) is 0 Å². The lowest BCUT2D eigenvalue weighted by atomic mass is 10.2. The number of anilines is 6. The highest BCUT2D eigenvalue weighted by atomic mass is 16.5. The molecule has 2 amide bonds. The Balaban J connectivity index is 0.000000174. The van der Waals surface area contributed by atoms with Crippen LogP contribution in [0.15, 0.2) is 120 Å². The van der Waals surface area contributed by atoms with Crippen molar-refractivity contribution in [2.45, 2.75) is 62.8 Å². The summed E-state index contributed by atoms with van der Waals surface area (Å²) in [6.45, 7) is 0. The van der Waals surface area contributed by atoms with Crippen LogP contribution >= 0.6 is 0 Å². The molecule has 0 spiro atoms. The summed E-state index contributed by atoms with van der Waals surface area (Å²) in [7, 11) is 6.88. The smallest absolute Gasteiger partial charge is 0.279 e. The van der Waals surface area contributed by atoms with Crippen LogP contribution in [0.5, 0.6) is 0 Å². The predicted molar refractivity (Wildman–Crippen MR) is 263 cm³/mol. The Hall–Kier alpha value is -8.50. The summed E-state index contributed by atoms with van der Waals surface area (Å²) < 4.78 is 16.8. The average molecular weight is 949 g/mol. The number of carbonyl (C=O) groups excluding carboxylic acids is 2. The van der Waals surface area contributed by atoms with E-state index >= 15 is 0 Å². The zero-order valence-electron chi connectivity index (χ0n) is 38.9. The largest absolute Gasteiger partial charge is 0.381 e. The fourth-order valence-corrected chi connectivity index (χ4v) is 8.63. The molecule has 2 aliphatic carbocycles. The van der Waals surface area contributed by atoms with E-state index < -0.39 is 0 Å². The van der Waals surface area contributed by atoms with Gasteiger partial charge in [-0.25, -0.2) is 19.9 Å². The van der Waals surface area contributed by atoms with Gasteiger partial charge < -0.3 is 41.4 Å². The summed E-state index contributed by atoms with van der Waals surface area (Å²) >= 11 is 0. The van der Waals surface area contributed by atoms with Gasteiger partial charge >= 0.3 is 0 Å². The van der Waals surface area contributed by atoms with Crippen molar-refractivity contribution in [3.05, 3.63) is 142 Å². The first kappa shape index (κ1) is 46.6. The van der Waals surface area contributed by atoms with Gasteiger partial charge in [-0.05, 0) is 87.1 Å². The van der Waals surface area contributed by atoms with Crippen LogP contribution in [0.4, 0.5) is 34.6 Å². The van der Waals surface area contributed by atoms with E-state index in [0.717, 1.165) is 38.5 Å².